The van der Waals surface area contributed by atoms with E-state index >= 15 is 0 Å². The van der Waals surface area contributed by atoms with Crippen LogP contribution in [-0.4, -0.2) is 15.5 Å². The van der Waals surface area contributed by atoms with Gasteiger partial charge in [-0.3, -0.25) is 0 Å². The van der Waals surface area contributed by atoms with Crippen molar-refractivity contribution in [3.05, 3.63) is 84.7 Å². The predicted molar refractivity (Wildman–Crippen MR) is 98.6 cm³/mol. The van der Waals surface area contributed by atoms with E-state index in [1.54, 1.807) is 42.7 Å². The molecule has 0 N–H and O–H groups in total. The second kappa shape index (κ2) is 6.72. The van der Waals surface area contributed by atoms with Gasteiger partial charge in [0.15, 0.2) is 0 Å². The average Bonchev–Trinajstić information content (AvgIpc) is 3.01. The molecule has 2 aromatic carbocycles. The van der Waals surface area contributed by atoms with Crippen molar-refractivity contribution in [2.24, 2.45) is 7.05 Å². The molecule has 0 saturated carbocycles. The van der Waals surface area contributed by atoms with Crippen molar-refractivity contribution in [2.75, 3.05) is 0 Å². The molecule has 0 unspecified atom stereocenters. The topological polar surface area (TPSA) is 53.4 Å². The van der Waals surface area contributed by atoms with E-state index in [4.69, 9.17) is 9.47 Å². The number of hydrogen-bond acceptors (Lipinski definition) is 4. The number of carbonyl (C=O) groups excluding carboxylic acids is 1. The Kier molecular flexibility index (Phi) is 4.11. The fourth-order valence-corrected chi connectivity index (χ4v) is 2.77. The monoisotopic (exact) mass is 344 g/mol. The fourth-order valence-electron chi connectivity index (χ4n) is 2.77. The van der Waals surface area contributed by atoms with Crippen molar-refractivity contribution in [2.45, 2.75) is 0 Å². The van der Waals surface area contributed by atoms with Crippen LogP contribution in [0.5, 0.6) is 17.4 Å². The quantitative estimate of drug-likeness (QED) is 0.401. The summed E-state index contributed by atoms with van der Waals surface area (Å²) in [6.45, 7) is 0. The highest BCUT2D eigenvalue weighted by atomic mass is 16.5. The Balaban J connectivity index is 1.51. The first kappa shape index (κ1) is 15.9. The summed E-state index contributed by atoms with van der Waals surface area (Å²) in [4.78, 5) is 16.6. The van der Waals surface area contributed by atoms with Gasteiger partial charge in [0.25, 0.3) is 0 Å². The zero-order valence-electron chi connectivity index (χ0n) is 14.1. The highest BCUT2D eigenvalue weighted by molar-refractivity contribution is 6.05. The predicted octanol–water partition coefficient (Wildman–Crippen LogP) is 4.58. The van der Waals surface area contributed by atoms with E-state index in [0.29, 0.717) is 22.9 Å². The molecule has 26 heavy (non-hydrogen) atoms. The van der Waals surface area contributed by atoms with E-state index in [9.17, 15) is 4.79 Å². The number of esters is 1. The van der Waals surface area contributed by atoms with E-state index in [1.165, 1.54) is 0 Å². The van der Waals surface area contributed by atoms with Crippen LogP contribution in [-0.2, 0) is 7.05 Å². The van der Waals surface area contributed by atoms with Crippen molar-refractivity contribution in [3.8, 4) is 17.4 Å². The first-order valence-corrected chi connectivity index (χ1v) is 8.16. The Morgan fingerprint density at radius 1 is 0.923 bits per heavy atom. The number of ether oxygens (including phenoxy) is 2. The van der Waals surface area contributed by atoms with E-state index in [2.05, 4.69) is 4.98 Å². The molecule has 0 spiro atoms. The van der Waals surface area contributed by atoms with Gasteiger partial charge in [0.1, 0.15) is 11.5 Å². The van der Waals surface area contributed by atoms with Gasteiger partial charge in [-0.15, -0.1) is 0 Å². The number of hydrogen-bond donors (Lipinski definition) is 0. The number of nitrogens with zero attached hydrogens (tertiary/aromatic N) is 2. The minimum atomic E-state index is -0.389. The van der Waals surface area contributed by atoms with Crippen molar-refractivity contribution in [1.29, 1.82) is 0 Å². The van der Waals surface area contributed by atoms with Gasteiger partial charge in [0.05, 0.1) is 5.56 Å². The lowest BCUT2D eigenvalue weighted by atomic mass is 10.2. The molecule has 0 radical (unpaired) electrons. The molecule has 5 heteroatoms. The van der Waals surface area contributed by atoms with Gasteiger partial charge in [-0.2, -0.15) is 0 Å². The van der Waals surface area contributed by atoms with Crippen LogP contribution in [0.3, 0.4) is 0 Å². The van der Waals surface area contributed by atoms with Gasteiger partial charge in [-0.05, 0) is 36.4 Å². The lowest BCUT2D eigenvalue weighted by molar-refractivity contribution is 0.0736. The molecule has 4 rings (SSSR count). The number of aryl methyl sites for hydroxylation is 1. The van der Waals surface area contributed by atoms with E-state index < -0.39 is 0 Å². The number of para-hydroxylation sites is 1. The van der Waals surface area contributed by atoms with Gasteiger partial charge in [-0.1, -0.05) is 24.3 Å². The number of benzene rings is 2. The fraction of sp³-hybridized carbons (Fsp3) is 0.0476. The maximum atomic E-state index is 12.5. The van der Waals surface area contributed by atoms with Crippen LogP contribution in [0.4, 0.5) is 0 Å². The van der Waals surface area contributed by atoms with Gasteiger partial charge < -0.3 is 14.0 Å². The third-order valence-corrected chi connectivity index (χ3v) is 4.01. The third-order valence-electron chi connectivity index (χ3n) is 4.01. The van der Waals surface area contributed by atoms with Crippen LogP contribution in [0.15, 0.2) is 79.1 Å². The molecule has 0 saturated heterocycles. The summed E-state index contributed by atoms with van der Waals surface area (Å²) in [5.74, 6) is 1.19. The molecule has 0 amide bonds. The first-order chi connectivity index (χ1) is 12.7. The summed E-state index contributed by atoms with van der Waals surface area (Å²) < 4.78 is 13.0. The van der Waals surface area contributed by atoms with Crippen molar-refractivity contribution >= 4 is 16.9 Å². The summed E-state index contributed by atoms with van der Waals surface area (Å²) in [6.07, 6.45) is 3.45. The van der Waals surface area contributed by atoms with Gasteiger partial charge in [0, 0.05) is 36.4 Å². The van der Waals surface area contributed by atoms with E-state index in [0.717, 1.165) is 10.9 Å². The second-order valence-corrected chi connectivity index (χ2v) is 5.80. The number of rotatable bonds is 4. The van der Waals surface area contributed by atoms with Crippen LogP contribution in [0, 0.1) is 0 Å². The number of carbonyl (C=O) groups is 1. The molecule has 5 nitrogen and oxygen atoms in total. The van der Waals surface area contributed by atoms with Crippen molar-refractivity contribution in [3.63, 3.8) is 0 Å². The molecule has 0 atom stereocenters. The largest absolute Gasteiger partial charge is 0.439 e. The number of aromatic nitrogens is 2. The van der Waals surface area contributed by atoms with Crippen molar-refractivity contribution in [1.82, 2.24) is 9.55 Å². The summed E-state index contributed by atoms with van der Waals surface area (Å²) in [5, 5.41) is 0.870. The second-order valence-electron chi connectivity index (χ2n) is 5.80. The SMILES string of the molecule is Cn1cc(C(=O)Oc2ccc(Oc3ccccn3)cc2)c2ccccc21. The lowest BCUT2D eigenvalue weighted by Gasteiger charge is -2.06. The van der Waals surface area contributed by atoms with E-state index in [-0.39, 0.29) is 5.97 Å². The molecule has 4 aromatic rings. The van der Waals surface area contributed by atoms with Gasteiger partial charge in [0.2, 0.25) is 5.88 Å². The standard InChI is InChI=1S/C21H16N2O3/c1-23-14-18(17-6-2-3-7-19(17)23)21(24)26-16-11-9-15(10-12-16)25-20-8-4-5-13-22-20/h2-14H,1H3. The molecule has 0 aliphatic heterocycles. The maximum Gasteiger partial charge on any atom is 0.345 e. The zero-order chi connectivity index (χ0) is 17.9. The third kappa shape index (κ3) is 3.15. The summed E-state index contributed by atoms with van der Waals surface area (Å²) >= 11 is 0. The zero-order valence-corrected chi connectivity index (χ0v) is 14.1. The molecular formula is C21H16N2O3. The minimum absolute atomic E-state index is 0.389. The molecule has 0 aliphatic carbocycles. The van der Waals surface area contributed by atoms with Crippen LogP contribution < -0.4 is 9.47 Å². The van der Waals surface area contributed by atoms with Crippen LogP contribution >= 0.6 is 0 Å². The Labute approximate surface area is 150 Å². The lowest BCUT2D eigenvalue weighted by Crippen LogP contribution is -2.07. The molecule has 2 heterocycles. The Bertz CT molecular complexity index is 1050. The Morgan fingerprint density at radius 3 is 2.42 bits per heavy atom. The van der Waals surface area contributed by atoms with Crippen LogP contribution in [0.25, 0.3) is 10.9 Å². The Morgan fingerprint density at radius 2 is 1.65 bits per heavy atom. The highest BCUT2D eigenvalue weighted by Crippen LogP contribution is 2.25. The number of fused-ring (bicyclic) bond motifs is 1. The summed E-state index contributed by atoms with van der Waals surface area (Å²) in [5.41, 5.74) is 1.52. The summed E-state index contributed by atoms with van der Waals surface area (Å²) in [6, 6.07) is 20.0. The van der Waals surface area contributed by atoms with E-state index in [1.807, 2.05) is 48.0 Å². The first-order valence-electron chi connectivity index (χ1n) is 8.16. The normalized spacial score (nSPS) is 10.7. The molecular weight excluding hydrogens is 328 g/mol. The minimum Gasteiger partial charge on any atom is -0.439 e. The molecule has 0 bridgehead atoms. The Hall–Kier alpha value is -3.60. The number of pyridine rings is 1. The smallest absolute Gasteiger partial charge is 0.345 e. The average molecular weight is 344 g/mol. The molecule has 128 valence electrons. The highest BCUT2D eigenvalue weighted by Gasteiger charge is 2.15. The van der Waals surface area contributed by atoms with Crippen LogP contribution in [0.2, 0.25) is 0 Å². The summed E-state index contributed by atoms with van der Waals surface area (Å²) in [7, 11) is 1.91. The van der Waals surface area contributed by atoms with Gasteiger partial charge >= 0.3 is 5.97 Å². The van der Waals surface area contributed by atoms with Gasteiger partial charge in [-0.25, -0.2) is 9.78 Å². The van der Waals surface area contributed by atoms with Crippen molar-refractivity contribution < 1.29 is 14.3 Å². The molecule has 2 aromatic heterocycles. The maximum absolute atomic E-state index is 12.5. The molecule has 0 fully saturated rings. The van der Waals surface area contributed by atoms with Crippen LogP contribution in [0.1, 0.15) is 10.4 Å². The molecule has 0 aliphatic rings.